The third-order valence-electron chi connectivity index (χ3n) is 2.93. The van der Waals surface area contributed by atoms with E-state index >= 15 is 0 Å². The number of halogens is 1. The molecule has 0 amide bonds. The minimum Gasteiger partial charge on any atom is -0.369 e. The fourth-order valence-electron chi connectivity index (χ4n) is 2.34. The van der Waals surface area contributed by atoms with Gasteiger partial charge in [0.15, 0.2) is 0 Å². The summed E-state index contributed by atoms with van der Waals surface area (Å²) in [5.74, 6) is 1.20. The molecule has 0 aliphatic rings. The largest absolute Gasteiger partial charge is 0.369 e. The summed E-state index contributed by atoms with van der Waals surface area (Å²) >= 11 is 5.95. The second-order valence-corrected chi connectivity index (χ2v) is 5.39. The topological polar surface area (TPSA) is 43.8 Å². The highest BCUT2D eigenvalue weighted by Gasteiger charge is 2.15. The first-order chi connectivity index (χ1) is 7.99. The average molecular weight is 252 g/mol. The van der Waals surface area contributed by atoms with Crippen LogP contribution in [0.5, 0.6) is 0 Å². The number of nitrogens with two attached hydrogens (primary N) is 1. The average Bonchev–Trinajstić information content (AvgIpc) is 2.51. The van der Waals surface area contributed by atoms with Crippen molar-refractivity contribution in [2.75, 3.05) is 5.73 Å². The van der Waals surface area contributed by atoms with Crippen LogP contribution in [0.4, 0.5) is 5.95 Å². The van der Waals surface area contributed by atoms with Gasteiger partial charge in [0.2, 0.25) is 5.95 Å². The lowest BCUT2D eigenvalue weighted by molar-refractivity contribution is 0.439. The molecule has 92 valence electrons. The van der Waals surface area contributed by atoms with Gasteiger partial charge in [0, 0.05) is 11.1 Å². The van der Waals surface area contributed by atoms with Crippen LogP contribution in [0.2, 0.25) is 5.02 Å². The molecule has 1 unspecified atom stereocenters. The lowest BCUT2D eigenvalue weighted by atomic mass is 10.1. The maximum atomic E-state index is 5.99. The molecule has 1 aromatic carbocycles. The van der Waals surface area contributed by atoms with Crippen molar-refractivity contribution >= 4 is 28.6 Å². The van der Waals surface area contributed by atoms with Crippen LogP contribution in [0, 0.1) is 5.92 Å². The van der Waals surface area contributed by atoms with Crippen LogP contribution in [0.3, 0.4) is 0 Å². The maximum Gasteiger partial charge on any atom is 0.201 e. The summed E-state index contributed by atoms with van der Waals surface area (Å²) in [7, 11) is 0. The quantitative estimate of drug-likeness (QED) is 0.900. The molecule has 2 aromatic rings. The minimum atomic E-state index is 0.348. The smallest absolute Gasteiger partial charge is 0.201 e. The van der Waals surface area contributed by atoms with Crippen LogP contribution < -0.4 is 5.73 Å². The lowest BCUT2D eigenvalue weighted by Gasteiger charge is -2.17. The van der Waals surface area contributed by atoms with Crippen molar-refractivity contribution in [2.24, 2.45) is 5.92 Å². The van der Waals surface area contributed by atoms with Gasteiger partial charge in [-0.25, -0.2) is 4.98 Å². The SMILES string of the molecule is CC(C)CC(C)n1c(N)nc2cc(Cl)ccc21. The molecule has 17 heavy (non-hydrogen) atoms. The predicted molar refractivity (Wildman–Crippen MR) is 73.3 cm³/mol. The third-order valence-corrected chi connectivity index (χ3v) is 3.17. The monoisotopic (exact) mass is 251 g/mol. The van der Waals surface area contributed by atoms with Crippen LogP contribution in [0.1, 0.15) is 33.2 Å². The molecule has 2 rings (SSSR count). The molecule has 1 aromatic heterocycles. The molecule has 0 spiro atoms. The molecule has 1 heterocycles. The van der Waals surface area contributed by atoms with Crippen LogP contribution in [-0.4, -0.2) is 9.55 Å². The summed E-state index contributed by atoms with van der Waals surface area (Å²) in [5, 5.41) is 0.693. The van der Waals surface area contributed by atoms with Gasteiger partial charge >= 0.3 is 0 Å². The zero-order valence-corrected chi connectivity index (χ0v) is 11.2. The number of aromatic nitrogens is 2. The summed E-state index contributed by atoms with van der Waals surface area (Å²) in [6, 6.07) is 6.06. The van der Waals surface area contributed by atoms with E-state index in [4.69, 9.17) is 17.3 Å². The van der Waals surface area contributed by atoms with Crippen LogP contribution in [0.15, 0.2) is 18.2 Å². The second kappa shape index (κ2) is 4.57. The molecule has 4 heteroatoms. The first kappa shape index (κ1) is 12.2. The van der Waals surface area contributed by atoms with Gasteiger partial charge in [0.25, 0.3) is 0 Å². The van der Waals surface area contributed by atoms with Crippen molar-refractivity contribution in [3.8, 4) is 0 Å². The lowest BCUT2D eigenvalue weighted by Crippen LogP contribution is -2.10. The van der Waals surface area contributed by atoms with Gasteiger partial charge in [-0.05, 0) is 37.5 Å². The van der Waals surface area contributed by atoms with Crippen molar-refractivity contribution < 1.29 is 0 Å². The number of hydrogen-bond acceptors (Lipinski definition) is 2. The predicted octanol–water partition coefficient (Wildman–Crippen LogP) is 3.88. The van der Waals surface area contributed by atoms with Crippen LogP contribution >= 0.6 is 11.6 Å². The Balaban J connectivity index is 2.49. The molecule has 0 radical (unpaired) electrons. The van der Waals surface area contributed by atoms with Gasteiger partial charge in [0.05, 0.1) is 11.0 Å². The first-order valence-electron chi connectivity index (χ1n) is 5.92. The van der Waals surface area contributed by atoms with E-state index in [1.807, 2.05) is 18.2 Å². The Morgan fingerprint density at radius 1 is 1.35 bits per heavy atom. The molecule has 0 fully saturated rings. The zero-order valence-electron chi connectivity index (χ0n) is 10.4. The molecule has 0 aliphatic heterocycles. The molecule has 3 nitrogen and oxygen atoms in total. The summed E-state index contributed by atoms with van der Waals surface area (Å²) < 4.78 is 2.09. The molecule has 0 aliphatic carbocycles. The molecule has 1 atom stereocenters. The highest BCUT2D eigenvalue weighted by molar-refractivity contribution is 6.31. The van der Waals surface area contributed by atoms with Crippen molar-refractivity contribution in [3.05, 3.63) is 23.2 Å². The van der Waals surface area contributed by atoms with Crippen molar-refractivity contribution in [2.45, 2.75) is 33.2 Å². The standard InChI is InChI=1S/C13H18ClN3/c1-8(2)6-9(3)17-12-5-4-10(14)7-11(12)16-13(17)15/h4-5,7-9H,6H2,1-3H3,(H2,15,16). The Morgan fingerprint density at radius 3 is 2.71 bits per heavy atom. The minimum absolute atomic E-state index is 0.348. The summed E-state index contributed by atoms with van der Waals surface area (Å²) in [6.45, 7) is 6.59. The molecular weight excluding hydrogens is 234 g/mol. The fourth-order valence-corrected chi connectivity index (χ4v) is 2.51. The Labute approximate surface area is 107 Å². The summed E-state index contributed by atoms with van der Waals surface area (Å²) in [5.41, 5.74) is 7.91. The number of anilines is 1. The number of rotatable bonds is 3. The molecule has 0 saturated heterocycles. The van der Waals surface area contributed by atoms with Crippen LogP contribution in [0.25, 0.3) is 11.0 Å². The van der Waals surface area contributed by atoms with Gasteiger partial charge in [-0.3, -0.25) is 0 Å². The second-order valence-electron chi connectivity index (χ2n) is 4.95. The normalized spacial score (nSPS) is 13.5. The van der Waals surface area contributed by atoms with Crippen molar-refractivity contribution in [1.82, 2.24) is 9.55 Å². The third kappa shape index (κ3) is 2.39. The van der Waals surface area contributed by atoms with E-state index in [0.717, 1.165) is 17.5 Å². The Morgan fingerprint density at radius 2 is 2.06 bits per heavy atom. The highest BCUT2D eigenvalue weighted by atomic mass is 35.5. The van der Waals surface area contributed by atoms with E-state index in [1.165, 1.54) is 0 Å². The molecule has 0 bridgehead atoms. The van der Waals surface area contributed by atoms with E-state index < -0.39 is 0 Å². The van der Waals surface area contributed by atoms with E-state index in [2.05, 4.69) is 30.3 Å². The van der Waals surface area contributed by atoms with E-state index in [0.29, 0.717) is 22.9 Å². The van der Waals surface area contributed by atoms with Gasteiger partial charge < -0.3 is 10.3 Å². The van der Waals surface area contributed by atoms with E-state index in [1.54, 1.807) is 0 Å². The fraction of sp³-hybridized carbons (Fsp3) is 0.462. The number of imidazole rings is 1. The molecule has 0 saturated carbocycles. The Bertz CT molecular complexity index is 531. The molecular formula is C13H18ClN3. The van der Waals surface area contributed by atoms with Gasteiger partial charge in [-0.15, -0.1) is 0 Å². The number of nitrogens with zero attached hydrogens (tertiary/aromatic N) is 2. The number of nitrogen functional groups attached to an aromatic ring is 1. The maximum absolute atomic E-state index is 5.99. The first-order valence-corrected chi connectivity index (χ1v) is 6.29. The Hall–Kier alpha value is -1.22. The summed E-state index contributed by atoms with van der Waals surface area (Å²) in [6.07, 6.45) is 1.08. The summed E-state index contributed by atoms with van der Waals surface area (Å²) in [4.78, 5) is 4.36. The van der Waals surface area contributed by atoms with Gasteiger partial charge in [-0.2, -0.15) is 0 Å². The molecule has 2 N–H and O–H groups in total. The zero-order chi connectivity index (χ0) is 12.6. The van der Waals surface area contributed by atoms with E-state index in [9.17, 15) is 0 Å². The van der Waals surface area contributed by atoms with Crippen molar-refractivity contribution in [3.63, 3.8) is 0 Å². The number of hydrogen-bond donors (Lipinski definition) is 1. The Kier molecular flexibility index (Phi) is 3.29. The number of fused-ring (bicyclic) bond motifs is 1. The van der Waals surface area contributed by atoms with Crippen LogP contribution in [-0.2, 0) is 0 Å². The highest BCUT2D eigenvalue weighted by Crippen LogP contribution is 2.28. The van der Waals surface area contributed by atoms with Gasteiger partial charge in [0.1, 0.15) is 0 Å². The van der Waals surface area contributed by atoms with E-state index in [-0.39, 0.29) is 0 Å². The number of benzene rings is 1. The van der Waals surface area contributed by atoms with Crippen molar-refractivity contribution in [1.29, 1.82) is 0 Å². The van der Waals surface area contributed by atoms with Gasteiger partial charge in [-0.1, -0.05) is 25.4 Å².